The van der Waals surface area contributed by atoms with E-state index in [0.29, 0.717) is 18.7 Å². The first-order chi connectivity index (χ1) is 8.40. The number of pyridine rings is 1. The number of ether oxygens (including phenoxy) is 1. The Balaban J connectivity index is 1.91. The number of anilines is 1. The zero-order valence-corrected chi connectivity index (χ0v) is 10.0. The Bertz CT molecular complexity index is 396. The molecule has 2 heterocycles. The highest BCUT2D eigenvalue weighted by molar-refractivity contribution is 5.53. The lowest BCUT2D eigenvalue weighted by atomic mass is 10.1. The van der Waals surface area contributed by atoms with Gasteiger partial charge in [-0.3, -0.25) is 4.98 Å². The van der Waals surface area contributed by atoms with Crippen molar-refractivity contribution in [3.05, 3.63) is 24.0 Å². The van der Waals surface area contributed by atoms with E-state index in [2.05, 4.69) is 16.0 Å². The molecule has 0 radical (unpaired) electrons. The van der Waals surface area contributed by atoms with E-state index in [1.807, 2.05) is 12.4 Å². The van der Waals surface area contributed by atoms with E-state index in [9.17, 15) is 0 Å². The normalized spacial score (nSPS) is 28.2. The maximum absolute atomic E-state index is 5.84. The van der Waals surface area contributed by atoms with Crippen molar-refractivity contribution in [1.82, 2.24) is 4.98 Å². The Morgan fingerprint density at radius 3 is 3.29 bits per heavy atom. The zero-order chi connectivity index (χ0) is 11.7. The minimum Gasteiger partial charge on any atom is -0.374 e. The summed E-state index contributed by atoms with van der Waals surface area (Å²) in [6.45, 7) is 2.35. The SMILES string of the molecule is NCc1cnccc1N1CCOC2CCCC21. The molecule has 4 nitrogen and oxygen atoms in total. The van der Waals surface area contributed by atoms with E-state index in [4.69, 9.17) is 10.5 Å². The highest BCUT2D eigenvalue weighted by Gasteiger charge is 2.36. The molecule has 2 fully saturated rings. The van der Waals surface area contributed by atoms with E-state index in [1.54, 1.807) is 0 Å². The summed E-state index contributed by atoms with van der Waals surface area (Å²) in [6, 6.07) is 2.62. The van der Waals surface area contributed by atoms with Crippen molar-refractivity contribution < 1.29 is 4.74 Å². The molecule has 0 aromatic carbocycles. The van der Waals surface area contributed by atoms with Crippen LogP contribution in [0.2, 0.25) is 0 Å². The van der Waals surface area contributed by atoms with Crippen LogP contribution in [0.1, 0.15) is 24.8 Å². The first-order valence-electron chi connectivity index (χ1n) is 6.41. The lowest BCUT2D eigenvalue weighted by Crippen LogP contribution is -2.49. The summed E-state index contributed by atoms with van der Waals surface area (Å²) in [7, 11) is 0. The third-order valence-electron chi connectivity index (χ3n) is 3.89. The number of nitrogens with two attached hydrogens (primary N) is 1. The summed E-state index contributed by atoms with van der Waals surface area (Å²) in [4.78, 5) is 6.64. The van der Waals surface area contributed by atoms with Gasteiger partial charge in [-0.25, -0.2) is 0 Å². The topological polar surface area (TPSA) is 51.4 Å². The second-order valence-electron chi connectivity index (χ2n) is 4.81. The standard InChI is InChI=1S/C13H19N3O/c14-8-10-9-15-5-4-11(10)16-6-7-17-13-3-1-2-12(13)16/h4-5,9,12-13H,1-3,6-8,14H2. The van der Waals surface area contributed by atoms with Crippen molar-refractivity contribution in [1.29, 1.82) is 0 Å². The van der Waals surface area contributed by atoms with Crippen molar-refractivity contribution in [3.8, 4) is 0 Å². The first kappa shape index (κ1) is 11.0. The highest BCUT2D eigenvalue weighted by Crippen LogP contribution is 2.34. The number of hydrogen-bond acceptors (Lipinski definition) is 4. The summed E-state index contributed by atoms with van der Waals surface area (Å²) in [5.74, 6) is 0. The first-order valence-corrected chi connectivity index (χ1v) is 6.41. The molecule has 2 atom stereocenters. The summed E-state index contributed by atoms with van der Waals surface area (Å²) in [6.07, 6.45) is 7.86. The predicted octanol–water partition coefficient (Wildman–Crippen LogP) is 1.30. The minimum atomic E-state index is 0.419. The highest BCUT2D eigenvalue weighted by atomic mass is 16.5. The van der Waals surface area contributed by atoms with Crippen LogP contribution in [0.25, 0.3) is 0 Å². The van der Waals surface area contributed by atoms with Crippen molar-refractivity contribution in [2.24, 2.45) is 5.73 Å². The van der Waals surface area contributed by atoms with Gasteiger partial charge in [0.25, 0.3) is 0 Å². The number of hydrogen-bond donors (Lipinski definition) is 1. The number of rotatable bonds is 2. The fourth-order valence-corrected chi connectivity index (χ4v) is 3.08. The van der Waals surface area contributed by atoms with E-state index in [0.717, 1.165) is 18.7 Å². The number of nitrogens with zero attached hydrogens (tertiary/aromatic N) is 2. The fraction of sp³-hybridized carbons (Fsp3) is 0.615. The third-order valence-corrected chi connectivity index (χ3v) is 3.89. The van der Waals surface area contributed by atoms with Crippen molar-refractivity contribution in [3.63, 3.8) is 0 Å². The van der Waals surface area contributed by atoms with Crippen LogP contribution in [0.15, 0.2) is 18.5 Å². The van der Waals surface area contributed by atoms with Crippen molar-refractivity contribution in [2.75, 3.05) is 18.1 Å². The maximum atomic E-state index is 5.84. The van der Waals surface area contributed by atoms with Gasteiger partial charge in [0.2, 0.25) is 0 Å². The van der Waals surface area contributed by atoms with Gasteiger partial charge in [0, 0.05) is 36.7 Å². The largest absolute Gasteiger partial charge is 0.374 e. The van der Waals surface area contributed by atoms with Crippen LogP contribution in [-0.2, 0) is 11.3 Å². The monoisotopic (exact) mass is 233 g/mol. The van der Waals surface area contributed by atoms with E-state index in [1.165, 1.54) is 24.9 Å². The number of aromatic nitrogens is 1. The van der Waals surface area contributed by atoms with Crippen LogP contribution in [-0.4, -0.2) is 30.3 Å². The molecule has 0 bridgehead atoms. The van der Waals surface area contributed by atoms with Gasteiger partial charge in [-0.05, 0) is 25.3 Å². The molecular formula is C13H19N3O. The Kier molecular flexibility index (Phi) is 2.99. The average molecular weight is 233 g/mol. The molecule has 4 heteroatoms. The Morgan fingerprint density at radius 2 is 2.41 bits per heavy atom. The van der Waals surface area contributed by atoms with Gasteiger partial charge in [-0.2, -0.15) is 0 Å². The van der Waals surface area contributed by atoms with Crippen LogP contribution < -0.4 is 10.6 Å². The summed E-state index contributed by atoms with van der Waals surface area (Å²) in [5.41, 5.74) is 8.19. The zero-order valence-electron chi connectivity index (χ0n) is 10.0. The molecule has 2 unspecified atom stereocenters. The van der Waals surface area contributed by atoms with Gasteiger partial charge in [0.1, 0.15) is 0 Å². The molecule has 1 saturated carbocycles. The molecular weight excluding hydrogens is 214 g/mol. The van der Waals surface area contributed by atoms with Crippen molar-refractivity contribution >= 4 is 5.69 Å². The summed E-state index contributed by atoms with van der Waals surface area (Å²) < 4.78 is 5.84. The molecule has 2 N–H and O–H groups in total. The van der Waals surface area contributed by atoms with Gasteiger partial charge in [0.05, 0.1) is 18.8 Å². The molecule has 92 valence electrons. The Morgan fingerprint density at radius 1 is 1.47 bits per heavy atom. The quantitative estimate of drug-likeness (QED) is 0.836. The molecule has 0 amide bonds. The number of morpholine rings is 1. The van der Waals surface area contributed by atoms with Crippen LogP contribution in [0.4, 0.5) is 5.69 Å². The van der Waals surface area contributed by atoms with Crippen LogP contribution in [0, 0.1) is 0 Å². The molecule has 0 spiro atoms. The molecule has 1 aliphatic heterocycles. The molecule has 1 aliphatic carbocycles. The lowest BCUT2D eigenvalue weighted by Gasteiger charge is -2.40. The molecule has 2 aliphatic rings. The van der Waals surface area contributed by atoms with E-state index >= 15 is 0 Å². The second kappa shape index (κ2) is 4.63. The summed E-state index contributed by atoms with van der Waals surface area (Å²) >= 11 is 0. The fourth-order valence-electron chi connectivity index (χ4n) is 3.08. The maximum Gasteiger partial charge on any atom is 0.0779 e. The predicted molar refractivity (Wildman–Crippen MR) is 66.9 cm³/mol. The van der Waals surface area contributed by atoms with Crippen molar-refractivity contribution in [2.45, 2.75) is 38.0 Å². The van der Waals surface area contributed by atoms with E-state index < -0.39 is 0 Å². The van der Waals surface area contributed by atoms with Gasteiger partial charge in [-0.1, -0.05) is 0 Å². The van der Waals surface area contributed by atoms with Gasteiger partial charge < -0.3 is 15.4 Å². The Labute approximate surface area is 102 Å². The minimum absolute atomic E-state index is 0.419. The molecule has 1 saturated heterocycles. The summed E-state index contributed by atoms with van der Waals surface area (Å²) in [5, 5.41) is 0. The third kappa shape index (κ3) is 1.91. The molecule has 1 aromatic heterocycles. The van der Waals surface area contributed by atoms with Gasteiger partial charge in [-0.15, -0.1) is 0 Å². The van der Waals surface area contributed by atoms with Crippen LogP contribution in [0.5, 0.6) is 0 Å². The number of fused-ring (bicyclic) bond motifs is 1. The van der Waals surface area contributed by atoms with Crippen LogP contribution >= 0.6 is 0 Å². The molecule has 17 heavy (non-hydrogen) atoms. The molecule has 1 aromatic rings. The average Bonchev–Trinajstić information content (AvgIpc) is 2.86. The lowest BCUT2D eigenvalue weighted by molar-refractivity contribution is 0.0256. The Hall–Kier alpha value is -1.13. The van der Waals surface area contributed by atoms with Gasteiger partial charge >= 0.3 is 0 Å². The van der Waals surface area contributed by atoms with Gasteiger partial charge in [0.15, 0.2) is 0 Å². The molecule has 3 rings (SSSR count). The smallest absolute Gasteiger partial charge is 0.0779 e. The van der Waals surface area contributed by atoms with E-state index in [-0.39, 0.29) is 0 Å². The van der Waals surface area contributed by atoms with Crippen LogP contribution in [0.3, 0.4) is 0 Å². The second-order valence-corrected chi connectivity index (χ2v) is 4.81.